The van der Waals surface area contributed by atoms with E-state index in [2.05, 4.69) is 0 Å². The Bertz CT molecular complexity index is 318. The number of ether oxygens (including phenoxy) is 2. The molecule has 16 heavy (non-hydrogen) atoms. The number of allylic oxidation sites excluding steroid dienone is 1. The van der Waals surface area contributed by atoms with Gasteiger partial charge in [-0.05, 0) is 6.42 Å². The molecular formula is C11H16O5. The van der Waals surface area contributed by atoms with Gasteiger partial charge in [-0.2, -0.15) is 0 Å². The van der Waals surface area contributed by atoms with E-state index >= 15 is 0 Å². The zero-order valence-corrected chi connectivity index (χ0v) is 9.70. The van der Waals surface area contributed by atoms with Gasteiger partial charge in [-0.25, -0.2) is 9.59 Å². The van der Waals surface area contributed by atoms with E-state index in [0.717, 1.165) is 6.42 Å². The predicted octanol–water partition coefficient (Wildman–Crippen LogP) is 1.82. The molecule has 1 aliphatic heterocycles. The Kier molecular flexibility index (Phi) is 3.57. The van der Waals surface area contributed by atoms with Gasteiger partial charge >= 0.3 is 11.9 Å². The molecule has 1 aliphatic rings. The van der Waals surface area contributed by atoms with Crippen molar-refractivity contribution < 1.29 is 24.2 Å². The smallest absolute Gasteiger partial charge is 0.352 e. The minimum absolute atomic E-state index is 0.257. The second-order valence-electron chi connectivity index (χ2n) is 4.10. The predicted molar refractivity (Wildman–Crippen MR) is 55.4 cm³/mol. The first-order chi connectivity index (χ1) is 7.37. The number of esters is 2. The third kappa shape index (κ3) is 2.74. The summed E-state index contributed by atoms with van der Waals surface area (Å²) in [5, 5.41) is 9.59. The molecule has 5 nitrogen and oxygen atoms in total. The number of carbonyl (C=O) groups is 2. The molecule has 0 aromatic heterocycles. The molecule has 0 aromatic rings. The second kappa shape index (κ2) is 4.55. The summed E-state index contributed by atoms with van der Waals surface area (Å²) in [5.41, 5.74) is -0.382. The van der Waals surface area contributed by atoms with Crippen molar-refractivity contribution in [3.05, 3.63) is 11.3 Å². The van der Waals surface area contributed by atoms with Crippen LogP contribution in [0.25, 0.3) is 0 Å². The molecule has 90 valence electrons. The van der Waals surface area contributed by atoms with Crippen LogP contribution in [0, 0.1) is 0 Å². The fourth-order valence-electron chi connectivity index (χ4n) is 1.36. The Morgan fingerprint density at radius 1 is 1.25 bits per heavy atom. The molecule has 1 heterocycles. The minimum Gasteiger partial charge on any atom is -0.511 e. The van der Waals surface area contributed by atoms with Crippen LogP contribution >= 0.6 is 0 Å². The maximum absolute atomic E-state index is 11.5. The Labute approximate surface area is 94.0 Å². The lowest BCUT2D eigenvalue weighted by Crippen LogP contribution is -2.42. The average Bonchev–Trinajstić information content (AvgIpc) is 2.11. The first kappa shape index (κ1) is 12.5. The quantitative estimate of drug-likeness (QED) is 0.345. The van der Waals surface area contributed by atoms with Gasteiger partial charge in [0.2, 0.25) is 0 Å². The molecule has 0 amide bonds. The highest BCUT2D eigenvalue weighted by molar-refractivity contribution is 6.15. The standard InChI is InChI=1S/C11H16O5/c1-4-5-6-7(12)8-9(13)15-11(2,3)16-10(8)14/h12H,4-6H2,1-3H3. The van der Waals surface area contributed by atoms with Gasteiger partial charge in [0.15, 0.2) is 5.57 Å². The van der Waals surface area contributed by atoms with Crippen molar-refractivity contribution in [2.24, 2.45) is 0 Å². The van der Waals surface area contributed by atoms with Gasteiger partial charge in [-0.1, -0.05) is 13.3 Å². The van der Waals surface area contributed by atoms with E-state index in [4.69, 9.17) is 9.47 Å². The van der Waals surface area contributed by atoms with Crippen molar-refractivity contribution >= 4 is 11.9 Å². The molecule has 0 saturated carbocycles. The van der Waals surface area contributed by atoms with Crippen LogP contribution in [0.2, 0.25) is 0 Å². The van der Waals surface area contributed by atoms with E-state index in [0.29, 0.717) is 6.42 Å². The van der Waals surface area contributed by atoms with Crippen LogP contribution in [0.15, 0.2) is 11.3 Å². The fraction of sp³-hybridized carbons (Fsp3) is 0.636. The van der Waals surface area contributed by atoms with Crippen molar-refractivity contribution in [1.82, 2.24) is 0 Å². The van der Waals surface area contributed by atoms with Crippen LogP contribution in [0.5, 0.6) is 0 Å². The summed E-state index contributed by atoms with van der Waals surface area (Å²) < 4.78 is 9.72. The molecule has 1 N–H and O–H groups in total. The zero-order chi connectivity index (χ0) is 12.3. The Morgan fingerprint density at radius 3 is 2.19 bits per heavy atom. The monoisotopic (exact) mass is 228 g/mol. The van der Waals surface area contributed by atoms with Crippen LogP contribution < -0.4 is 0 Å². The highest BCUT2D eigenvalue weighted by Crippen LogP contribution is 2.25. The summed E-state index contributed by atoms with van der Waals surface area (Å²) in [5.74, 6) is -3.17. The van der Waals surface area contributed by atoms with E-state index in [1.54, 1.807) is 0 Å². The molecule has 1 rings (SSSR count). The van der Waals surface area contributed by atoms with Crippen LogP contribution in [0.1, 0.15) is 40.0 Å². The highest BCUT2D eigenvalue weighted by atomic mass is 16.7. The van der Waals surface area contributed by atoms with Crippen molar-refractivity contribution in [2.75, 3.05) is 0 Å². The molecule has 5 heteroatoms. The molecule has 0 aromatic carbocycles. The number of aliphatic hydroxyl groups is 1. The molecule has 0 spiro atoms. The number of hydrogen-bond donors (Lipinski definition) is 1. The van der Waals surface area contributed by atoms with E-state index in [9.17, 15) is 14.7 Å². The van der Waals surface area contributed by atoms with Crippen molar-refractivity contribution in [3.63, 3.8) is 0 Å². The zero-order valence-electron chi connectivity index (χ0n) is 9.70. The summed E-state index contributed by atoms with van der Waals surface area (Å²) in [6, 6.07) is 0. The third-order valence-electron chi connectivity index (χ3n) is 2.14. The van der Waals surface area contributed by atoms with Gasteiger partial charge in [-0.15, -0.1) is 0 Å². The van der Waals surface area contributed by atoms with Gasteiger partial charge in [0.05, 0.1) is 0 Å². The van der Waals surface area contributed by atoms with Gasteiger partial charge < -0.3 is 14.6 Å². The minimum atomic E-state index is -1.26. The van der Waals surface area contributed by atoms with Crippen molar-refractivity contribution in [3.8, 4) is 0 Å². The maximum Gasteiger partial charge on any atom is 0.352 e. The molecule has 1 fully saturated rings. The number of hydrogen-bond acceptors (Lipinski definition) is 5. The van der Waals surface area contributed by atoms with Gasteiger partial charge in [0.25, 0.3) is 5.79 Å². The van der Waals surface area contributed by atoms with Gasteiger partial charge in [-0.3, -0.25) is 0 Å². The van der Waals surface area contributed by atoms with Crippen molar-refractivity contribution in [1.29, 1.82) is 0 Å². The second-order valence-corrected chi connectivity index (χ2v) is 4.10. The van der Waals surface area contributed by atoms with Crippen LogP contribution in [0.3, 0.4) is 0 Å². The summed E-state index contributed by atoms with van der Waals surface area (Å²) in [6.45, 7) is 4.86. The number of cyclic esters (lactones) is 2. The lowest BCUT2D eigenvalue weighted by molar-refractivity contribution is -0.222. The van der Waals surface area contributed by atoms with E-state index < -0.39 is 17.7 Å². The number of rotatable bonds is 3. The first-order valence-electron chi connectivity index (χ1n) is 5.26. The molecule has 0 aliphatic carbocycles. The third-order valence-corrected chi connectivity index (χ3v) is 2.14. The summed E-state index contributed by atoms with van der Waals surface area (Å²) in [6.07, 6.45) is 1.82. The molecular weight excluding hydrogens is 212 g/mol. The largest absolute Gasteiger partial charge is 0.511 e. The molecule has 0 bridgehead atoms. The Balaban J connectivity index is 2.89. The summed E-state index contributed by atoms with van der Waals surface area (Å²) in [7, 11) is 0. The fourth-order valence-corrected chi connectivity index (χ4v) is 1.36. The van der Waals surface area contributed by atoms with Gasteiger partial charge in [0, 0.05) is 20.3 Å². The molecule has 0 radical (unpaired) electrons. The molecule has 0 unspecified atom stereocenters. The van der Waals surface area contributed by atoms with Gasteiger partial charge in [0.1, 0.15) is 5.76 Å². The SMILES string of the molecule is CCCCC(O)=C1C(=O)OC(C)(C)OC1=O. The lowest BCUT2D eigenvalue weighted by Gasteiger charge is -2.30. The first-order valence-corrected chi connectivity index (χ1v) is 5.26. The molecule has 1 saturated heterocycles. The summed E-state index contributed by atoms with van der Waals surface area (Å²) in [4.78, 5) is 23.0. The Hall–Kier alpha value is -1.52. The highest BCUT2D eigenvalue weighted by Gasteiger charge is 2.40. The lowest BCUT2D eigenvalue weighted by atomic mass is 10.1. The summed E-state index contributed by atoms with van der Waals surface area (Å²) >= 11 is 0. The molecule has 0 atom stereocenters. The number of carbonyl (C=O) groups excluding carboxylic acids is 2. The van der Waals surface area contributed by atoms with E-state index in [1.807, 2.05) is 6.92 Å². The maximum atomic E-state index is 11.5. The van der Waals surface area contributed by atoms with Crippen LogP contribution in [-0.4, -0.2) is 22.8 Å². The number of aliphatic hydroxyl groups excluding tert-OH is 1. The average molecular weight is 228 g/mol. The van der Waals surface area contributed by atoms with Crippen LogP contribution in [0.4, 0.5) is 0 Å². The van der Waals surface area contributed by atoms with Crippen LogP contribution in [-0.2, 0) is 19.1 Å². The van der Waals surface area contributed by atoms with E-state index in [-0.39, 0.29) is 17.8 Å². The van der Waals surface area contributed by atoms with E-state index in [1.165, 1.54) is 13.8 Å². The Morgan fingerprint density at radius 2 is 1.75 bits per heavy atom. The van der Waals surface area contributed by atoms with Crippen molar-refractivity contribution in [2.45, 2.75) is 45.8 Å². The normalized spacial score (nSPS) is 19.1. The topological polar surface area (TPSA) is 72.8 Å². The number of unbranched alkanes of at least 4 members (excludes halogenated alkanes) is 1.